The van der Waals surface area contributed by atoms with E-state index >= 15 is 0 Å². The van der Waals surface area contributed by atoms with Gasteiger partial charge in [-0.15, -0.1) is 0 Å². The molecule has 0 bridgehead atoms. The Morgan fingerprint density at radius 1 is 1.24 bits per heavy atom. The molecule has 21 heavy (non-hydrogen) atoms. The van der Waals surface area contributed by atoms with E-state index < -0.39 is 5.54 Å². The Morgan fingerprint density at radius 3 is 2.62 bits per heavy atom. The molecule has 0 radical (unpaired) electrons. The van der Waals surface area contributed by atoms with Crippen LogP contribution in [0.3, 0.4) is 0 Å². The average Bonchev–Trinajstić information content (AvgIpc) is 2.89. The molecule has 2 fully saturated rings. The lowest BCUT2D eigenvalue weighted by Gasteiger charge is -2.34. The zero-order valence-electron chi connectivity index (χ0n) is 12.3. The third-order valence-corrected chi connectivity index (χ3v) is 4.63. The number of hydrogen-bond acceptors (Lipinski definition) is 4. The normalized spacial score (nSPS) is 21.7. The lowest BCUT2D eigenvalue weighted by atomic mass is 9.88. The molecule has 1 aromatic heterocycles. The van der Waals surface area contributed by atoms with E-state index in [1.54, 1.807) is 9.58 Å². The highest BCUT2D eigenvalue weighted by Gasteiger charge is 2.52. The average molecular weight is 291 g/mol. The first-order valence-corrected chi connectivity index (χ1v) is 7.67. The molecule has 1 aromatic rings. The molecule has 1 N–H and O–H groups in total. The zero-order chi connectivity index (χ0) is 14.9. The summed E-state index contributed by atoms with van der Waals surface area (Å²) in [5, 5.41) is 6.63. The third-order valence-electron chi connectivity index (χ3n) is 4.63. The number of amides is 3. The zero-order valence-corrected chi connectivity index (χ0v) is 12.3. The molecule has 7 nitrogen and oxygen atoms in total. The Balaban J connectivity index is 1.90. The molecule has 2 aliphatic rings. The number of aromatic nitrogens is 3. The van der Waals surface area contributed by atoms with Crippen molar-refractivity contribution < 1.29 is 9.59 Å². The van der Waals surface area contributed by atoms with E-state index in [1.807, 2.05) is 6.92 Å². The van der Waals surface area contributed by atoms with E-state index in [0.717, 1.165) is 44.3 Å². The molecular weight excluding hydrogens is 270 g/mol. The molecule has 0 aromatic carbocycles. The van der Waals surface area contributed by atoms with Crippen molar-refractivity contribution in [3.05, 3.63) is 12.2 Å². The van der Waals surface area contributed by atoms with Gasteiger partial charge in [0.15, 0.2) is 0 Å². The largest absolute Gasteiger partial charge is 0.325 e. The minimum atomic E-state index is -0.682. The lowest BCUT2D eigenvalue weighted by Crippen LogP contribution is -2.49. The van der Waals surface area contributed by atoms with Gasteiger partial charge in [-0.2, -0.15) is 5.10 Å². The van der Waals surface area contributed by atoms with Crippen molar-refractivity contribution in [2.24, 2.45) is 0 Å². The van der Waals surface area contributed by atoms with E-state index in [9.17, 15) is 9.59 Å². The fourth-order valence-corrected chi connectivity index (χ4v) is 3.45. The van der Waals surface area contributed by atoms with Gasteiger partial charge in [0.1, 0.15) is 17.7 Å². The van der Waals surface area contributed by atoms with Crippen LogP contribution in [0.4, 0.5) is 4.79 Å². The molecule has 1 saturated heterocycles. The molecule has 2 heterocycles. The van der Waals surface area contributed by atoms with Gasteiger partial charge in [-0.3, -0.25) is 10.1 Å². The van der Waals surface area contributed by atoms with Crippen LogP contribution in [-0.4, -0.2) is 37.1 Å². The summed E-state index contributed by atoms with van der Waals surface area (Å²) in [5.74, 6) is 0.586. The van der Waals surface area contributed by atoms with E-state index in [-0.39, 0.29) is 11.9 Å². The number of imide groups is 1. The summed E-state index contributed by atoms with van der Waals surface area (Å²) >= 11 is 0. The predicted octanol–water partition coefficient (Wildman–Crippen LogP) is 1.44. The van der Waals surface area contributed by atoms with Gasteiger partial charge in [-0.1, -0.05) is 25.7 Å². The van der Waals surface area contributed by atoms with Crippen molar-refractivity contribution in [1.29, 1.82) is 0 Å². The summed E-state index contributed by atoms with van der Waals surface area (Å²) < 4.78 is 1.76. The standard InChI is InChI=1S/C14H21N5O2/c1-2-19-11(15-10-16-19)9-18-13(21)17-12(20)14(18)7-5-3-4-6-8-14/h10H,2-9H2,1H3,(H,17,20,21). The minimum Gasteiger partial charge on any atom is -0.302 e. The molecule has 1 aliphatic carbocycles. The molecule has 1 spiro atoms. The quantitative estimate of drug-likeness (QED) is 0.855. The topological polar surface area (TPSA) is 80.1 Å². The Bertz CT molecular complexity index is 545. The SMILES string of the molecule is CCn1ncnc1CN1C(=O)NC(=O)C12CCCCCC2. The van der Waals surface area contributed by atoms with Crippen LogP contribution >= 0.6 is 0 Å². The van der Waals surface area contributed by atoms with Crippen LogP contribution in [0.1, 0.15) is 51.3 Å². The lowest BCUT2D eigenvalue weighted by molar-refractivity contribution is -0.127. The van der Waals surface area contributed by atoms with Crippen LogP contribution in [0.2, 0.25) is 0 Å². The molecular formula is C14H21N5O2. The third kappa shape index (κ3) is 2.30. The monoisotopic (exact) mass is 291 g/mol. The summed E-state index contributed by atoms with van der Waals surface area (Å²) in [6.45, 7) is 3.02. The summed E-state index contributed by atoms with van der Waals surface area (Å²) in [4.78, 5) is 30.5. The molecule has 114 valence electrons. The van der Waals surface area contributed by atoms with Crippen molar-refractivity contribution in [2.45, 2.75) is 64.1 Å². The number of carbonyl (C=O) groups is 2. The molecule has 1 aliphatic heterocycles. The van der Waals surface area contributed by atoms with Gasteiger partial charge in [-0.25, -0.2) is 14.5 Å². The number of rotatable bonds is 3. The Morgan fingerprint density at radius 2 is 1.95 bits per heavy atom. The van der Waals surface area contributed by atoms with Crippen LogP contribution in [0.15, 0.2) is 6.33 Å². The maximum atomic E-state index is 12.4. The minimum absolute atomic E-state index is 0.142. The van der Waals surface area contributed by atoms with Crippen LogP contribution in [0.5, 0.6) is 0 Å². The smallest absolute Gasteiger partial charge is 0.302 e. The van der Waals surface area contributed by atoms with Gasteiger partial charge in [-0.05, 0) is 19.8 Å². The highest BCUT2D eigenvalue weighted by Crippen LogP contribution is 2.36. The van der Waals surface area contributed by atoms with Crippen molar-refractivity contribution >= 4 is 11.9 Å². The Hall–Kier alpha value is -1.92. The van der Waals surface area contributed by atoms with Crippen molar-refractivity contribution in [3.8, 4) is 0 Å². The van der Waals surface area contributed by atoms with Gasteiger partial charge in [0, 0.05) is 6.54 Å². The van der Waals surface area contributed by atoms with Crippen LogP contribution in [-0.2, 0) is 17.9 Å². The first kappa shape index (κ1) is 14.0. The number of aryl methyl sites for hydroxylation is 1. The number of hydrogen-bond donors (Lipinski definition) is 1. The number of urea groups is 1. The second kappa shape index (κ2) is 5.46. The Kier molecular flexibility index (Phi) is 3.65. The molecule has 7 heteroatoms. The molecule has 0 atom stereocenters. The highest BCUT2D eigenvalue weighted by atomic mass is 16.2. The molecule has 1 saturated carbocycles. The Labute approximate surface area is 123 Å². The fourth-order valence-electron chi connectivity index (χ4n) is 3.45. The van der Waals surface area contributed by atoms with Gasteiger partial charge in [0.25, 0.3) is 5.91 Å². The summed E-state index contributed by atoms with van der Waals surface area (Å²) in [7, 11) is 0. The molecule has 3 rings (SSSR count). The van der Waals surface area contributed by atoms with Crippen LogP contribution in [0, 0.1) is 0 Å². The van der Waals surface area contributed by atoms with E-state index in [1.165, 1.54) is 6.33 Å². The molecule has 3 amide bonds. The maximum Gasteiger partial charge on any atom is 0.325 e. The number of nitrogens with one attached hydrogen (secondary N) is 1. The molecule has 0 unspecified atom stereocenters. The maximum absolute atomic E-state index is 12.4. The predicted molar refractivity (Wildman–Crippen MR) is 75.2 cm³/mol. The van der Waals surface area contributed by atoms with Crippen LogP contribution in [0.25, 0.3) is 0 Å². The van der Waals surface area contributed by atoms with Gasteiger partial charge in [0.05, 0.1) is 6.54 Å². The van der Waals surface area contributed by atoms with Gasteiger partial charge >= 0.3 is 6.03 Å². The van der Waals surface area contributed by atoms with Crippen LogP contribution < -0.4 is 5.32 Å². The van der Waals surface area contributed by atoms with Crippen molar-refractivity contribution in [3.63, 3.8) is 0 Å². The van der Waals surface area contributed by atoms with Crippen molar-refractivity contribution in [2.75, 3.05) is 0 Å². The van der Waals surface area contributed by atoms with Gasteiger partial charge < -0.3 is 4.90 Å². The van der Waals surface area contributed by atoms with E-state index in [2.05, 4.69) is 15.4 Å². The second-order valence-electron chi connectivity index (χ2n) is 5.78. The summed E-state index contributed by atoms with van der Waals surface area (Å²) in [6, 6.07) is -0.299. The first-order valence-electron chi connectivity index (χ1n) is 7.67. The number of carbonyl (C=O) groups excluding carboxylic acids is 2. The second-order valence-corrected chi connectivity index (χ2v) is 5.78. The number of nitrogens with zero attached hydrogens (tertiary/aromatic N) is 4. The first-order chi connectivity index (χ1) is 10.2. The van der Waals surface area contributed by atoms with E-state index in [4.69, 9.17) is 0 Å². The fraction of sp³-hybridized carbons (Fsp3) is 0.714. The summed E-state index contributed by atoms with van der Waals surface area (Å²) in [5.41, 5.74) is -0.682. The van der Waals surface area contributed by atoms with Crippen molar-refractivity contribution in [1.82, 2.24) is 25.0 Å². The van der Waals surface area contributed by atoms with Gasteiger partial charge in [0.2, 0.25) is 0 Å². The summed E-state index contributed by atoms with van der Waals surface area (Å²) in [6.07, 6.45) is 7.20. The highest BCUT2D eigenvalue weighted by molar-refractivity contribution is 6.06. The van der Waals surface area contributed by atoms with E-state index in [0.29, 0.717) is 13.1 Å².